The van der Waals surface area contributed by atoms with E-state index in [1.54, 1.807) is 0 Å². The normalized spacial score (nSPS) is 11.6. The van der Waals surface area contributed by atoms with Crippen LogP contribution < -0.4 is 34.7 Å². The number of hydrogen-bond donors (Lipinski definition) is 1. The van der Waals surface area contributed by atoms with Gasteiger partial charge in [0, 0.05) is 0 Å². The molecule has 0 fully saturated rings. The van der Waals surface area contributed by atoms with Crippen LogP contribution in [0.15, 0.2) is 0 Å². The van der Waals surface area contributed by atoms with E-state index in [1.807, 2.05) is 0 Å². The zero-order chi connectivity index (χ0) is 13.1. The largest absolute Gasteiger partial charge is 1.00 e. The molecule has 0 aromatic rings. The summed E-state index contributed by atoms with van der Waals surface area (Å²) in [6, 6.07) is 0. The standard InChI is InChI=1S/C13H24O4.Na/c1-2-3-4-5-6-7-8-9-10-11(12(14)15)13(16)17;/h11H,2-10H2,1H3,(H,14,15)(H,16,17);/q;+1/p-1. The van der Waals surface area contributed by atoms with Crippen LogP contribution in [0.5, 0.6) is 0 Å². The number of rotatable bonds is 11. The van der Waals surface area contributed by atoms with Crippen LogP contribution in [0.3, 0.4) is 0 Å². The first-order chi connectivity index (χ1) is 8.09. The van der Waals surface area contributed by atoms with Gasteiger partial charge in [0.15, 0.2) is 0 Å². The Kier molecular flexibility index (Phi) is 15.1. The quantitative estimate of drug-likeness (QED) is 0.295. The average Bonchev–Trinajstić information content (AvgIpc) is 2.26. The number of carboxylic acids is 2. The number of carboxylic acid groups (broad SMARTS) is 2. The minimum absolute atomic E-state index is 0. The summed E-state index contributed by atoms with van der Waals surface area (Å²) in [6.07, 6.45) is 8.93. The third-order valence-electron chi connectivity index (χ3n) is 2.93. The third kappa shape index (κ3) is 11.1. The van der Waals surface area contributed by atoms with Gasteiger partial charge in [-0.2, -0.15) is 0 Å². The van der Waals surface area contributed by atoms with E-state index < -0.39 is 17.9 Å². The maximum Gasteiger partial charge on any atom is 1.00 e. The molecular formula is C13H23NaO4. The number of carbonyl (C=O) groups is 2. The summed E-state index contributed by atoms with van der Waals surface area (Å²) in [6.45, 7) is 2.17. The van der Waals surface area contributed by atoms with Crippen molar-refractivity contribution in [1.29, 1.82) is 0 Å². The van der Waals surface area contributed by atoms with Crippen molar-refractivity contribution in [2.24, 2.45) is 5.92 Å². The zero-order valence-corrected chi connectivity index (χ0v) is 13.6. The van der Waals surface area contributed by atoms with Gasteiger partial charge in [-0.15, -0.1) is 0 Å². The molecule has 0 aromatic carbocycles. The van der Waals surface area contributed by atoms with Crippen molar-refractivity contribution in [3.05, 3.63) is 0 Å². The maximum atomic E-state index is 10.6. The van der Waals surface area contributed by atoms with E-state index in [0.29, 0.717) is 6.42 Å². The van der Waals surface area contributed by atoms with Crippen LogP contribution in [0, 0.1) is 5.92 Å². The van der Waals surface area contributed by atoms with E-state index in [0.717, 1.165) is 19.3 Å². The second kappa shape index (κ2) is 13.4. The predicted molar refractivity (Wildman–Crippen MR) is 63.4 cm³/mol. The molecule has 0 amide bonds. The first-order valence-corrected chi connectivity index (χ1v) is 6.53. The molecule has 1 N–H and O–H groups in total. The van der Waals surface area contributed by atoms with Crippen LogP contribution >= 0.6 is 0 Å². The molecule has 0 aliphatic heterocycles. The number of carbonyl (C=O) groups excluding carboxylic acids is 1. The van der Waals surface area contributed by atoms with Crippen LogP contribution in [-0.2, 0) is 9.59 Å². The first-order valence-electron chi connectivity index (χ1n) is 6.53. The Morgan fingerprint density at radius 3 is 1.83 bits per heavy atom. The molecule has 0 aliphatic rings. The topological polar surface area (TPSA) is 77.4 Å². The molecule has 0 aromatic heterocycles. The fraction of sp³-hybridized carbons (Fsp3) is 0.846. The minimum atomic E-state index is -1.47. The van der Waals surface area contributed by atoms with Gasteiger partial charge in [0.1, 0.15) is 0 Å². The molecule has 1 atom stereocenters. The Balaban J connectivity index is 0. The van der Waals surface area contributed by atoms with Gasteiger partial charge in [0.05, 0.1) is 11.9 Å². The third-order valence-corrected chi connectivity index (χ3v) is 2.93. The fourth-order valence-corrected chi connectivity index (χ4v) is 1.82. The summed E-state index contributed by atoms with van der Waals surface area (Å²) >= 11 is 0. The van der Waals surface area contributed by atoms with Gasteiger partial charge in [-0.3, -0.25) is 4.79 Å². The Hall–Kier alpha value is -0.0600. The van der Waals surface area contributed by atoms with E-state index in [-0.39, 0.29) is 36.0 Å². The summed E-state index contributed by atoms with van der Waals surface area (Å²) in [4.78, 5) is 21.0. The van der Waals surface area contributed by atoms with E-state index in [1.165, 1.54) is 25.7 Å². The van der Waals surface area contributed by atoms with Gasteiger partial charge in [-0.1, -0.05) is 58.3 Å². The van der Waals surface area contributed by atoms with Gasteiger partial charge in [0.2, 0.25) is 0 Å². The molecule has 0 bridgehead atoms. The molecule has 0 heterocycles. The summed E-state index contributed by atoms with van der Waals surface area (Å²) in [5, 5.41) is 19.1. The van der Waals surface area contributed by atoms with Crippen molar-refractivity contribution in [1.82, 2.24) is 0 Å². The van der Waals surface area contributed by atoms with Gasteiger partial charge < -0.3 is 15.0 Å². The summed E-state index contributed by atoms with van der Waals surface area (Å²) in [7, 11) is 0. The second-order valence-electron chi connectivity index (χ2n) is 4.47. The van der Waals surface area contributed by atoms with Crippen molar-refractivity contribution in [3.63, 3.8) is 0 Å². The van der Waals surface area contributed by atoms with Crippen molar-refractivity contribution in [2.45, 2.75) is 64.7 Å². The molecule has 4 nitrogen and oxygen atoms in total. The van der Waals surface area contributed by atoms with Gasteiger partial charge in [0.25, 0.3) is 0 Å². The molecule has 0 saturated carbocycles. The van der Waals surface area contributed by atoms with Gasteiger partial charge in [-0.05, 0) is 6.42 Å². The van der Waals surface area contributed by atoms with Crippen molar-refractivity contribution >= 4 is 11.9 Å². The van der Waals surface area contributed by atoms with Gasteiger partial charge >= 0.3 is 35.5 Å². The smallest absolute Gasteiger partial charge is 0.549 e. The van der Waals surface area contributed by atoms with Gasteiger partial charge in [-0.25, -0.2) is 0 Å². The SMILES string of the molecule is CCCCCCCCCCC(C(=O)[O-])C(=O)O.[Na+]. The van der Waals surface area contributed by atoms with Crippen LogP contribution in [-0.4, -0.2) is 17.0 Å². The maximum absolute atomic E-state index is 10.6. The van der Waals surface area contributed by atoms with Crippen LogP contribution in [0.4, 0.5) is 0 Å². The summed E-state index contributed by atoms with van der Waals surface area (Å²) in [5.41, 5.74) is 0. The average molecular weight is 266 g/mol. The zero-order valence-electron chi connectivity index (χ0n) is 11.6. The molecule has 5 heteroatoms. The Morgan fingerprint density at radius 2 is 1.44 bits per heavy atom. The molecule has 100 valence electrons. The van der Waals surface area contributed by atoms with Crippen molar-refractivity contribution in [3.8, 4) is 0 Å². The Bertz CT molecular complexity index is 217. The summed E-state index contributed by atoms with van der Waals surface area (Å²) in [5.74, 6) is -4.09. The number of hydrogen-bond acceptors (Lipinski definition) is 3. The summed E-state index contributed by atoms with van der Waals surface area (Å²) < 4.78 is 0. The minimum Gasteiger partial charge on any atom is -0.549 e. The van der Waals surface area contributed by atoms with E-state index >= 15 is 0 Å². The van der Waals surface area contributed by atoms with Crippen LogP contribution in [0.2, 0.25) is 0 Å². The molecule has 0 aliphatic carbocycles. The number of aliphatic carboxylic acids is 2. The molecule has 0 saturated heterocycles. The molecule has 18 heavy (non-hydrogen) atoms. The van der Waals surface area contributed by atoms with E-state index in [2.05, 4.69) is 6.92 Å². The van der Waals surface area contributed by atoms with Crippen LogP contribution in [0.1, 0.15) is 64.7 Å². The predicted octanol–water partition coefficient (Wildman–Crippen LogP) is -1.03. The molecule has 0 spiro atoms. The molecule has 1 unspecified atom stereocenters. The monoisotopic (exact) mass is 266 g/mol. The Labute approximate surface area is 131 Å². The van der Waals surface area contributed by atoms with Crippen molar-refractivity contribution in [2.75, 3.05) is 0 Å². The molecule has 0 rings (SSSR count). The fourth-order valence-electron chi connectivity index (χ4n) is 1.82. The van der Waals surface area contributed by atoms with E-state index in [4.69, 9.17) is 5.11 Å². The molecule has 0 radical (unpaired) electrons. The van der Waals surface area contributed by atoms with Crippen molar-refractivity contribution < 1.29 is 49.4 Å². The number of unbranched alkanes of at least 4 members (excludes halogenated alkanes) is 7. The Morgan fingerprint density at radius 1 is 1.00 bits per heavy atom. The first kappa shape index (κ1) is 20.3. The molecular weight excluding hydrogens is 243 g/mol. The van der Waals surface area contributed by atoms with Crippen LogP contribution in [0.25, 0.3) is 0 Å². The van der Waals surface area contributed by atoms with E-state index in [9.17, 15) is 14.7 Å². The second-order valence-corrected chi connectivity index (χ2v) is 4.47.